The standard InChI is InChI=1S/C19H19ClN4O/c20-18-14-12-22-24(17-8-4-5-11-25-17)16(14)10-9-15(18)23-19(21)13-6-2-1-3-7-13/h1-3,6-7,9-10,12,17H,4-5,8,11H2,(H2,21,23). The molecule has 0 amide bonds. The van der Waals surface area contributed by atoms with Crippen molar-refractivity contribution in [2.45, 2.75) is 25.5 Å². The fourth-order valence-electron chi connectivity index (χ4n) is 3.11. The third kappa shape index (κ3) is 3.13. The number of fused-ring (bicyclic) bond motifs is 1. The molecule has 2 N–H and O–H groups in total. The number of rotatable bonds is 3. The average Bonchev–Trinajstić information content (AvgIpc) is 3.10. The number of hydrogen-bond donors (Lipinski definition) is 1. The predicted molar refractivity (Wildman–Crippen MR) is 100 cm³/mol. The Labute approximate surface area is 151 Å². The first-order valence-electron chi connectivity index (χ1n) is 8.41. The van der Waals surface area contributed by atoms with Crippen LogP contribution in [0.2, 0.25) is 5.02 Å². The second kappa shape index (κ2) is 6.86. The number of amidine groups is 1. The van der Waals surface area contributed by atoms with Crippen LogP contribution >= 0.6 is 11.6 Å². The van der Waals surface area contributed by atoms with Gasteiger partial charge in [-0.1, -0.05) is 41.9 Å². The van der Waals surface area contributed by atoms with Gasteiger partial charge in [-0.05, 0) is 31.4 Å². The highest BCUT2D eigenvalue weighted by atomic mass is 35.5. The van der Waals surface area contributed by atoms with Crippen molar-refractivity contribution in [1.82, 2.24) is 9.78 Å². The molecule has 2 heterocycles. The largest absolute Gasteiger partial charge is 0.383 e. The van der Waals surface area contributed by atoms with E-state index in [1.165, 1.54) is 0 Å². The molecule has 128 valence electrons. The van der Waals surface area contributed by atoms with Crippen LogP contribution in [0.3, 0.4) is 0 Å². The zero-order valence-electron chi connectivity index (χ0n) is 13.7. The molecule has 1 atom stereocenters. The van der Waals surface area contributed by atoms with Gasteiger partial charge in [-0.3, -0.25) is 0 Å². The SMILES string of the molecule is NC(=Nc1ccc2c(cnn2C2CCCCO2)c1Cl)c1ccccc1. The molecule has 1 aliphatic rings. The maximum Gasteiger partial charge on any atom is 0.150 e. The van der Waals surface area contributed by atoms with E-state index in [2.05, 4.69) is 10.1 Å². The maximum absolute atomic E-state index is 6.57. The van der Waals surface area contributed by atoms with Gasteiger partial charge in [0, 0.05) is 17.6 Å². The predicted octanol–water partition coefficient (Wildman–Crippen LogP) is 4.43. The molecule has 1 fully saturated rings. The molecule has 4 rings (SSSR count). The first-order valence-corrected chi connectivity index (χ1v) is 8.79. The molecule has 0 bridgehead atoms. The summed E-state index contributed by atoms with van der Waals surface area (Å²) < 4.78 is 7.74. The van der Waals surface area contributed by atoms with Crippen molar-refractivity contribution >= 4 is 34.0 Å². The smallest absolute Gasteiger partial charge is 0.150 e. The van der Waals surface area contributed by atoms with Crippen molar-refractivity contribution < 1.29 is 4.74 Å². The van der Waals surface area contributed by atoms with E-state index in [0.29, 0.717) is 16.5 Å². The number of ether oxygens (including phenoxy) is 1. The third-order valence-electron chi connectivity index (χ3n) is 4.43. The van der Waals surface area contributed by atoms with Crippen LogP contribution in [0.1, 0.15) is 31.1 Å². The molecule has 0 saturated carbocycles. The Hall–Kier alpha value is -2.37. The van der Waals surface area contributed by atoms with Gasteiger partial charge in [-0.25, -0.2) is 9.67 Å². The summed E-state index contributed by atoms with van der Waals surface area (Å²) in [5.74, 6) is 0.435. The van der Waals surface area contributed by atoms with E-state index >= 15 is 0 Å². The van der Waals surface area contributed by atoms with Gasteiger partial charge in [-0.2, -0.15) is 5.10 Å². The topological polar surface area (TPSA) is 65.4 Å². The van der Waals surface area contributed by atoms with Gasteiger partial charge < -0.3 is 10.5 Å². The lowest BCUT2D eigenvalue weighted by Gasteiger charge is -2.23. The first kappa shape index (κ1) is 16.1. The molecule has 0 spiro atoms. The molecule has 0 radical (unpaired) electrons. The summed E-state index contributed by atoms with van der Waals surface area (Å²) >= 11 is 6.57. The van der Waals surface area contributed by atoms with Crippen LogP contribution in [-0.4, -0.2) is 22.2 Å². The molecule has 25 heavy (non-hydrogen) atoms. The molecule has 1 aliphatic heterocycles. The van der Waals surface area contributed by atoms with Crippen molar-refractivity contribution in [2.24, 2.45) is 10.7 Å². The molecule has 1 unspecified atom stereocenters. The minimum Gasteiger partial charge on any atom is -0.383 e. The molecule has 3 aromatic rings. The summed E-state index contributed by atoms with van der Waals surface area (Å²) in [5.41, 5.74) is 8.57. The molecule has 6 heteroatoms. The Morgan fingerprint density at radius 2 is 2.04 bits per heavy atom. The number of aromatic nitrogens is 2. The molecule has 2 aromatic carbocycles. The van der Waals surface area contributed by atoms with E-state index in [-0.39, 0.29) is 6.23 Å². The minimum absolute atomic E-state index is 0.0222. The van der Waals surface area contributed by atoms with E-state index in [1.54, 1.807) is 6.20 Å². The van der Waals surface area contributed by atoms with Crippen LogP contribution in [0.25, 0.3) is 10.9 Å². The van der Waals surface area contributed by atoms with Gasteiger partial charge in [0.05, 0.1) is 22.4 Å². The molecule has 1 saturated heterocycles. The van der Waals surface area contributed by atoms with E-state index in [0.717, 1.165) is 42.3 Å². The molecular weight excluding hydrogens is 336 g/mol. The highest BCUT2D eigenvalue weighted by Crippen LogP contribution is 2.35. The molecule has 5 nitrogen and oxygen atoms in total. The number of benzene rings is 2. The van der Waals surface area contributed by atoms with Crippen LogP contribution in [0, 0.1) is 0 Å². The first-order chi connectivity index (χ1) is 12.2. The zero-order valence-corrected chi connectivity index (χ0v) is 14.5. The highest BCUT2D eigenvalue weighted by molar-refractivity contribution is 6.38. The van der Waals surface area contributed by atoms with E-state index in [4.69, 9.17) is 22.1 Å². The van der Waals surface area contributed by atoms with Gasteiger partial charge in [0.1, 0.15) is 5.84 Å². The zero-order chi connectivity index (χ0) is 17.2. The Kier molecular flexibility index (Phi) is 4.42. The van der Waals surface area contributed by atoms with Crippen molar-refractivity contribution in [3.63, 3.8) is 0 Å². The lowest BCUT2D eigenvalue weighted by atomic mass is 10.2. The van der Waals surface area contributed by atoms with Gasteiger partial charge in [0.2, 0.25) is 0 Å². The highest BCUT2D eigenvalue weighted by Gasteiger charge is 2.20. The Morgan fingerprint density at radius 1 is 1.20 bits per heavy atom. The lowest BCUT2D eigenvalue weighted by Crippen LogP contribution is -2.18. The van der Waals surface area contributed by atoms with E-state index in [1.807, 2.05) is 47.1 Å². The molecule has 0 aliphatic carbocycles. The van der Waals surface area contributed by atoms with Gasteiger partial charge >= 0.3 is 0 Å². The second-order valence-corrected chi connectivity index (χ2v) is 6.48. The van der Waals surface area contributed by atoms with E-state index in [9.17, 15) is 0 Å². The fourth-order valence-corrected chi connectivity index (χ4v) is 3.36. The second-order valence-electron chi connectivity index (χ2n) is 6.10. The monoisotopic (exact) mass is 354 g/mol. The summed E-state index contributed by atoms with van der Waals surface area (Å²) in [6.45, 7) is 0.774. The van der Waals surface area contributed by atoms with Gasteiger partial charge in [0.15, 0.2) is 6.23 Å². The number of halogens is 1. The quantitative estimate of drug-likeness (QED) is 0.559. The Bertz CT molecular complexity index is 914. The van der Waals surface area contributed by atoms with Crippen molar-refractivity contribution in [1.29, 1.82) is 0 Å². The summed E-state index contributed by atoms with van der Waals surface area (Å²) in [6, 6.07) is 13.5. The van der Waals surface area contributed by atoms with Crippen molar-refractivity contribution in [3.8, 4) is 0 Å². The Balaban J connectivity index is 1.71. The van der Waals surface area contributed by atoms with Crippen LogP contribution < -0.4 is 5.73 Å². The van der Waals surface area contributed by atoms with Gasteiger partial charge in [-0.15, -0.1) is 0 Å². The summed E-state index contributed by atoms with van der Waals surface area (Å²) in [4.78, 5) is 4.49. The summed E-state index contributed by atoms with van der Waals surface area (Å²) in [5, 5.41) is 5.90. The number of hydrogen-bond acceptors (Lipinski definition) is 3. The number of nitrogens with zero attached hydrogens (tertiary/aromatic N) is 3. The van der Waals surface area contributed by atoms with Crippen LogP contribution in [0.5, 0.6) is 0 Å². The number of aliphatic imine (C=N–C) groups is 1. The van der Waals surface area contributed by atoms with Crippen LogP contribution in [0.15, 0.2) is 53.7 Å². The Morgan fingerprint density at radius 3 is 2.80 bits per heavy atom. The third-order valence-corrected chi connectivity index (χ3v) is 4.83. The maximum atomic E-state index is 6.57. The normalized spacial score (nSPS) is 18.6. The average molecular weight is 355 g/mol. The van der Waals surface area contributed by atoms with E-state index < -0.39 is 0 Å². The number of nitrogens with two attached hydrogens (primary N) is 1. The fraction of sp³-hybridized carbons (Fsp3) is 0.263. The summed E-state index contributed by atoms with van der Waals surface area (Å²) in [6.07, 6.45) is 4.97. The van der Waals surface area contributed by atoms with Crippen LogP contribution in [-0.2, 0) is 4.74 Å². The minimum atomic E-state index is -0.0222. The summed E-state index contributed by atoms with van der Waals surface area (Å²) in [7, 11) is 0. The van der Waals surface area contributed by atoms with Crippen LogP contribution in [0.4, 0.5) is 5.69 Å². The van der Waals surface area contributed by atoms with Crippen molar-refractivity contribution in [2.75, 3.05) is 6.61 Å². The lowest BCUT2D eigenvalue weighted by molar-refractivity contribution is -0.0366. The molecule has 1 aromatic heterocycles. The molecular formula is C19H19ClN4O. The van der Waals surface area contributed by atoms with Crippen molar-refractivity contribution in [3.05, 3.63) is 59.2 Å². The van der Waals surface area contributed by atoms with Gasteiger partial charge in [0.25, 0.3) is 0 Å².